The van der Waals surface area contributed by atoms with Crippen molar-refractivity contribution in [3.63, 3.8) is 0 Å². The Morgan fingerprint density at radius 3 is 2.84 bits per heavy atom. The van der Waals surface area contributed by atoms with Crippen LogP contribution in [0.1, 0.15) is 32.6 Å². The standard InChI is InChI=1S/C14H24O5/c1-11(2)19-14(15)9-17-8-12-5-4-6-13(7-12)18-10-16-3/h12-13H,1,4-10H2,2-3H3. The van der Waals surface area contributed by atoms with Gasteiger partial charge in [-0.25, -0.2) is 4.79 Å². The third kappa shape index (κ3) is 7.30. The molecule has 110 valence electrons. The zero-order chi connectivity index (χ0) is 14.1. The highest BCUT2D eigenvalue weighted by atomic mass is 16.7. The van der Waals surface area contributed by atoms with Crippen molar-refractivity contribution in [3.05, 3.63) is 12.3 Å². The van der Waals surface area contributed by atoms with Crippen LogP contribution in [0.25, 0.3) is 0 Å². The van der Waals surface area contributed by atoms with E-state index in [4.69, 9.17) is 18.9 Å². The van der Waals surface area contributed by atoms with Gasteiger partial charge in [-0.05, 0) is 32.1 Å². The fraction of sp³-hybridized carbons (Fsp3) is 0.786. The summed E-state index contributed by atoms with van der Waals surface area (Å²) in [5.74, 6) is 0.433. The molecule has 0 aromatic carbocycles. The summed E-state index contributed by atoms with van der Waals surface area (Å²) in [5.41, 5.74) is 0. The van der Waals surface area contributed by atoms with Crippen LogP contribution >= 0.6 is 0 Å². The number of hydrogen-bond acceptors (Lipinski definition) is 5. The fourth-order valence-electron chi connectivity index (χ4n) is 2.24. The van der Waals surface area contributed by atoms with Crippen molar-refractivity contribution in [2.24, 2.45) is 5.92 Å². The van der Waals surface area contributed by atoms with Crippen molar-refractivity contribution in [1.82, 2.24) is 0 Å². The lowest BCUT2D eigenvalue weighted by Gasteiger charge is -2.28. The summed E-state index contributed by atoms with van der Waals surface area (Å²) in [6, 6.07) is 0. The smallest absolute Gasteiger partial charge is 0.337 e. The van der Waals surface area contributed by atoms with Gasteiger partial charge < -0.3 is 18.9 Å². The largest absolute Gasteiger partial charge is 0.430 e. The predicted molar refractivity (Wildman–Crippen MR) is 70.4 cm³/mol. The monoisotopic (exact) mass is 272 g/mol. The Bertz CT molecular complexity index is 290. The van der Waals surface area contributed by atoms with E-state index in [9.17, 15) is 4.79 Å². The lowest BCUT2D eigenvalue weighted by Crippen LogP contribution is -2.27. The molecule has 19 heavy (non-hydrogen) atoms. The average Bonchev–Trinajstić information content (AvgIpc) is 2.36. The predicted octanol–water partition coefficient (Wildman–Crippen LogP) is 2.26. The van der Waals surface area contributed by atoms with Gasteiger partial charge in [-0.15, -0.1) is 0 Å². The summed E-state index contributed by atoms with van der Waals surface area (Å²) in [6.45, 7) is 6.02. The van der Waals surface area contributed by atoms with Gasteiger partial charge >= 0.3 is 5.97 Å². The number of ether oxygens (including phenoxy) is 4. The molecule has 1 aliphatic carbocycles. The summed E-state index contributed by atoms with van der Waals surface area (Å²) in [4.78, 5) is 11.3. The van der Waals surface area contributed by atoms with Crippen LogP contribution in [-0.4, -0.2) is 39.2 Å². The Labute approximate surface area is 114 Å². The Hall–Kier alpha value is -0.910. The highest BCUT2D eigenvalue weighted by molar-refractivity contribution is 5.71. The molecule has 0 heterocycles. The lowest BCUT2D eigenvalue weighted by molar-refractivity contribution is -0.145. The van der Waals surface area contributed by atoms with Gasteiger partial charge in [0, 0.05) is 7.11 Å². The number of rotatable bonds is 8. The van der Waals surface area contributed by atoms with E-state index in [1.807, 2.05) is 0 Å². The van der Waals surface area contributed by atoms with Crippen LogP contribution in [-0.2, 0) is 23.7 Å². The maximum absolute atomic E-state index is 11.3. The van der Waals surface area contributed by atoms with Gasteiger partial charge in [-0.1, -0.05) is 13.0 Å². The molecule has 5 nitrogen and oxygen atoms in total. The zero-order valence-corrected chi connectivity index (χ0v) is 11.9. The van der Waals surface area contributed by atoms with Crippen molar-refractivity contribution >= 4 is 5.97 Å². The Morgan fingerprint density at radius 2 is 2.16 bits per heavy atom. The van der Waals surface area contributed by atoms with Gasteiger partial charge in [0.05, 0.1) is 18.5 Å². The van der Waals surface area contributed by atoms with Crippen LogP contribution in [0.3, 0.4) is 0 Å². The number of carbonyl (C=O) groups is 1. The Kier molecular flexibility index (Phi) is 7.70. The van der Waals surface area contributed by atoms with Crippen LogP contribution < -0.4 is 0 Å². The molecule has 0 aromatic heterocycles. The second-order valence-corrected chi connectivity index (χ2v) is 4.92. The van der Waals surface area contributed by atoms with Crippen LogP contribution in [0.2, 0.25) is 0 Å². The van der Waals surface area contributed by atoms with Crippen molar-refractivity contribution in [2.45, 2.75) is 38.7 Å². The number of carbonyl (C=O) groups excluding carboxylic acids is 1. The normalized spacial score (nSPS) is 23.1. The van der Waals surface area contributed by atoms with E-state index in [0.29, 0.717) is 25.1 Å². The van der Waals surface area contributed by atoms with Crippen LogP contribution in [0.15, 0.2) is 12.3 Å². The molecule has 1 rings (SSSR count). The molecule has 0 amide bonds. The van der Waals surface area contributed by atoms with Gasteiger partial charge in [0.1, 0.15) is 13.4 Å². The van der Waals surface area contributed by atoms with E-state index in [1.54, 1.807) is 14.0 Å². The van der Waals surface area contributed by atoms with Crippen LogP contribution in [0.5, 0.6) is 0 Å². The molecule has 0 saturated heterocycles. The lowest BCUT2D eigenvalue weighted by atomic mass is 9.88. The molecule has 0 bridgehead atoms. The highest BCUT2D eigenvalue weighted by Gasteiger charge is 2.22. The first kappa shape index (κ1) is 16.1. The first-order valence-corrected chi connectivity index (χ1v) is 6.66. The molecule has 1 fully saturated rings. The first-order chi connectivity index (χ1) is 9.11. The summed E-state index contributed by atoms with van der Waals surface area (Å²) in [6.07, 6.45) is 4.50. The maximum Gasteiger partial charge on any atom is 0.337 e. The van der Waals surface area contributed by atoms with Gasteiger partial charge in [0.2, 0.25) is 0 Å². The van der Waals surface area contributed by atoms with Gasteiger partial charge in [0.25, 0.3) is 0 Å². The Morgan fingerprint density at radius 1 is 1.37 bits per heavy atom. The topological polar surface area (TPSA) is 54.0 Å². The number of methoxy groups -OCH3 is 1. The molecule has 1 aliphatic rings. The highest BCUT2D eigenvalue weighted by Crippen LogP contribution is 2.26. The molecule has 0 aromatic rings. The molecule has 0 spiro atoms. The summed E-state index contributed by atoms with van der Waals surface area (Å²) >= 11 is 0. The quantitative estimate of drug-likeness (QED) is 0.385. The molecule has 2 unspecified atom stereocenters. The van der Waals surface area contributed by atoms with E-state index in [-0.39, 0.29) is 12.7 Å². The molecular formula is C14H24O5. The van der Waals surface area contributed by atoms with E-state index in [0.717, 1.165) is 25.7 Å². The molecule has 0 radical (unpaired) electrons. The van der Waals surface area contributed by atoms with Gasteiger partial charge in [0.15, 0.2) is 0 Å². The van der Waals surface area contributed by atoms with E-state index < -0.39 is 5.97 Å². The number of hydrogen-bond donors (Lipinski definition) is 0. The average molecular weight is 272 g/mol. The minimum Gasteiger partial charge on any atom is -0.430 e. The molecule has 0 N–H and O–H groups in total. The first-order valence-electron chi connectivity index (χ1n) is 6.66. The van der Waals surface area contributed by atoms with Gasteiger partial charge in [-0.3, -0.25) is 0 Å². The SMILES string of the molecule is C=C(C)OC(=O)COCC1CCCC(OCOC)C1. The summed E-state index contributed by atoms with van der Waals surface area (Å²) in [7, 11) is 1.62. The third-order valence-corrected chi connectivity index (χ3v) is 3.02. The van der Waals surface area contributed by atoms with Crippen molar-refractivity contribution in [1.29, 1.82) is 0 Å². The zero-order valence-electron chi connectivity index (χ0n) is 11.9. The second kappa shape index (κ2) is 9.07. The molecular weight excluding hydrogens is 248 g/mol. The van der Waals surface area contributed by atoms with Crippen LogP contribution in [0, 0.1) is 5.92 Å². The second-order valence-electron chi connectivity index (χ2n) is 4.92. The van der Waals surface area contributed by atoms with Crippen molar-refractivity contribution in [2.75, 3.05) is 27.1 Å². The summed E-state index contributed by atoms with van der Waals surface area (Å²) in [5, 5.41) is 0. The van der Waals surface area contributed by atoms with Gasteiger partial charge in [-0.2, -0.15) is 0 Å². The van der Waals surface area contributed by atoms with Crippen molar-refractivity contribution < 1.29 is 23.7 Å². The third-order valence-electron chi connectivity index (χ3n) is 3.02. The maximum atomic E-state index is 11.3. The van der Waals surface area contributed by atoms with E-state index >= 15 is 0 Å². The minimum absolute atomic E-state index is 0.0209. The van der Waals surface area contributed by atoms with Crippen LogP contribution in [0.4, 0.5) is 0 Å². The number of allylic oxidation sites excluding steroid dienone is 1. The molecule has 2 atom stereocenters. The van der Waals surface area contributed by atoms with Crippen molar-refractivity contribution in [3.8, 4) is 0 Å². The Balaban J connectivity index is 2.14. The number of esters is 1. The minimum atomic E-state index is -0.393. The van der Waals surface area contributed by atoms with E-state index in [1.165, 1.54) is 0 Å². The molecule has 1 saturated carbocycles. The summed E-state index contributed by atoms with van der Waals surface area (Å²) < 4.78 is 20.7. The molecule has 0 aliphatic heterocycles. The van der Waals surface area contributed by atoms with E-state index in [2.05, 4.69) is 6.58 Å². The fourth-order valence-corrected chi connectivity index (χ4v) is 2.24. The molecule has 5 heteroatoms.